The zero-order valence-corrected chi connectivity index (χ0v) is 36.4. The molecule has 0 spiro atoms. The van der Waals surface area contributed by atoms with Crippen LogP contribution in [-0.2, 0) is 28.9 Å². The third kappa shape index (κ3) is 10.3. The van der Waals surface area contributed by atoms with Gasteiger partial charge in [0.15, 0.2) is 12.4 Å². The molecule has 0 amide bonds. The molecule has 316 valence electrons. The average molecular weight is 868 g/mol. The predicted octanol–water partition coefficient (Wildman–Crippen LogP) is 7.33. The summed E-state index contributed by atoms with van der Waals surface area (Å²) in [5.74, 6) is 5.10. The minimum Gasteiger partial charge on any atom is -0.497 e. The number of alkyl halides is 1. The Kier molecular flexibility index (Phi) is 15.8. The molecule has 0 radical (unpaired) electrons. The number of nitrogens with zero attached hydrogens (tertiary/aromatic N) is 2. The van der Waals surface area contributed by atoms with Crippen LogP contribution < -0.4 is 20.7 Å². The summed E-state index contributed by atoms with van der Waals surface area (Å²) < 4.78 is 65.0. The van der Waals surface area contributed by atoms with Crippen molar-refractivity contribution >= 4 is 30.1 Å². The van der Waals surface area contributed by atoms with Crippen molar-refractivity contribution in [3.63, 3.8) is 0 Å². The van der Waals surface area contributed by atoms with Crippen molar-refractivity contribution in [1.82, 2.24) is 14.2 Å². The van der Waals surface area contributed by atoms with Crippen molar-refractivity contribution in [3.8, 4) is 23.8 Å². The van der Waals surface area contributed by atoms with Gasteiger partial charge in [0.2, 0.25) is 0 Å². The van der Waals surface area contributed by atoms with Gasteiger partial charge in [-0.25, -0.2) is 13.9 Å². The van der Waals surface area contributed by atoms with E-state index in [4.69, 9.17) is 39.2 Å². The van der Waals surface area contributed by atoms with Gasteiger partial charge in [-0.3, -0.25) is 14.3 Å². The Labute approximate surface area is 353 Å². The summed E-state index contributed by atoms with van der Waals surface area (Å²) in [5, 5.41) is 0. The first-order valence-electron chi connectivity index (χ1n) is 19.3. The number of benzene rings is 3. The summed E-state index contributed by atoms with van der Waals surface area (Å²) in [4.78, 5) is 27.5. The smallest absolute Gasteiger partial charge is 0.330 e. The van der Waals surface area contributed by atoms with Gasteiger partial charge in [0, 0.05) is 35.9 Å². The third-order valence-electron chi connectivity index (χ3n) is 10.1. The minimum absolute atomic E-state index is 0.0691. The average Bonchev–Trinajstić information content (AvgIpc) is 3.54. The number of rotatable bonds is 18. The molecular formula is C43H51FN3O9PS2. The van der Waals surface area contributed by atoms with Crippen molar-refractivity contribution in [3.05, 3.63) is 129 Å². The number of H-pyrrole nitrogens is 1. The molecule has 1 N–H and O–H groups in total. The number of hydrogen-bond donors (Lipinski definition) is 1. The van der Waals surface area contributed by atoms with E-state index in [1.165, 1.54) is 6.20 Å². The molecule has 2 fully saturated rings. The van der Waals surface area contributed by atoms with Crippen molar-refractivity contribution in [2.75, 3.05) is 38.9 Å². The topological polar surface area (TPSA) is 123 Å². The number of terminal acetylenes is 1. The fraction of sp³-hybridized carbons (Fsp3) is 0.442. The van der Waals surface area contributed by atoms with Crippen LogP contribution in [0, 0.1) is 12.3 Å². The van der Waals surface area contributed by atoms with Gasteiger partial charge in [-0.1, -0.05) is 82.1 Å². The monoisotopic (exact) mass is 867 g/mol. The molecule has 2 aliphatic rings. The summed E-state index contributed by atoms with van der Waals surface area (Å²) in [5.41, 5.74) is -0.401. The molecule has 0 bridgehead atoms. The van der Waals surface area contributed by atoms with Crippen molar-refractivity contribution in [2.45, 2.75) is 82.2 Å². The second kappa shape index (κ2) is 20.7. The van der Waals surface area contributed by atoms with Crippen LogP contribution in [0.3, 0.4) is 0 Å². The number of methoxy groups -OCH3 is 2. The molecule has 16 heteroatoms. The summed E-state index contributed by atoms with van der Waals surface area (Å²) in [6.07, 6.45) is 0.280. The van der Waals surface area contributed by atoms with Gasteiger partial charge in [-0.15, -0.1) is 6.42 Å². The number of halogens is 1. The number of hydrogen-bond acceptors (Lipinski definition) is 12. The van der Waals surface area contributed by atoms with Crippen LogP contribution in [0.4, 0.5) is 4.39 Å². The van der Waals surface area contributed by atoms with E-state index >= 15 is 4.39 Å². The van der Waals surface area contributed by atoms with Crippen LogP contribution in [0.2, 0.25) is 0 Å². The molecule has 0 saturated carbocycles. The highest BCUT2D eigenvalue weighted by atomic mass is 33.1. The van der Waals surface area contributed by atoms with Gasteiger partial charge in [0.05, 0.1) is 26.9 Å². The molecule has 7 atom stereocenters. The lowest BCUT2D eigenvalue weighted by atomic mass is 9.80. The van der Waals surface area contributed by atoms with Gasteiger partial charge < -0.3 is 32.7 Å². The Morgan fingerprint density at radius 3 is 2.00 bits per heavy atom. The number of aromatic nitrogens is 2. The van der Waals surface area contributed by atoms with Crippen molar-refractivity contribution < 1.29 is 37.1 Å². The highest BCUT2D eigenvalue weighted by Gasteiger charge is 2.52. The molecule has 0 aliphatic carbocycles. The summed E-state index contributed by atoms with van der Waals surface area (Å²) in [7, 11) is 4.55. The molecule has 3 heterocycles. The van der Waals surface area contributed by atoms with E-state index in [1.54, 1.807) is 35.8 Å². The van der Waals surface area contributed by atoms with E-state index in [-0.39, 0.29) is 31.4 Å². The fourth-order valence-electron chi connectivity index (χ4n) is 7.27. The molecule has 2 aliphatic heterocycles. The Bertz CT molecular complexity index is 2050. The highest BCUT2D eigenvalue weighted by Crippen LogP contribution is 2.53. The van der Waals surface area contributed by atoms with Crippen LogP contribution in [-0.4, -0.2) is 95.8 Å². The summed E-state index contributed by atoms with van der Waals surface area (Å²) in [6, 6.07) is 25.8. The quantitative estimate of drug-likeness (QED) is 0.0467. The summed E-state index contributed by atoms with van der Waals surface area (Å²) >= 11 is 0. The first-order valence-corrected chi connectivity index (χ1v) is 22.9. The first kappa shape index (κ1) is 44.9. The lowest BCUT2D eigenvalue weighted by molar-refractivity contribution is -0.0942. The van der Waals surface area contributed by atoms with E-state index in [2.05, 4.69) is 15.6 Å². The molecule has 6 rings (SSSR count). The molecular weight excluding hydrogens is 817 g/mol. The molecule has 4 aromatic rings. The Morgan fingerprint density at radius 1 is 0.881 bits per heavy atom. The first-order chi connectivity index (χ1) is 28.5. The molecule has 1 aromatic heterocycles. The van der Waals surface area contributed by atoms with Crippen LogP contribution in [0.5, 0.6) is 11.5 Å². The van der Waals surface area contributed by atoms with Crippen LogP contribution in [0.15, 0.2) is 101 Å². The van der Waals surface area contributed by atoms with Crippen LogP contribution in [0.1, 0.15) is 50.6 Å². The highest BCUT2D eigenvalue weighted by molar-refractivity contribution is 8.76. The van der Waals surface area contributed by atoms with Crippen molar-refractivity contribution in [1.29, 1.82) is 0 Å². The summed E-state index contributed by atoms with van der Waals surface area (Å²) in [6.45, 7) is 8.02. The van der Waals surface area contributed by atoms with Gasteiger partial charge >= 0.3 is 5.69 Å². The normalized spacial score (nSPS) is 22.7. The van der Waals surface area contributed by atoms with E-state index in [0.717, 1.165) is 27.3 Å². The predicted molar refractivity (Wildman–Crippen MR) is 231 cm³/mol. The van der Waals surface area contributed by atoms with Gasteiger partial charge in [-0.2, -0.15) is 0 Å². The molecule has 59 heavy (non-hydrogen) atoms. The molecule has 4 unspecified atom stereocenters. The second-order valence-corrected chi connectivity index (χ2v) is 18.4. The SMILES string of the molecule is C#CCO[C@@H]1CSSC[C@H]1OP(OC1C(COC(c2ccccc2)(c2ccc(OC)cc2)c2ccc(OC)cc2)OC(n2ccc(=O)[nH]c2=O)[C@@H]1F)N(C(C)C)C(C)C. The largest absolute Gasteiger partial charge is 0.497 e. The Morgan fingerprint density at radius 2 is 1.46 bits per heavy atom. The second-order valence-electron chi connectivity index (χ2n) is 14.5. The van der Waals surface area contributed by atoms with Crippen LogP contribution in [0.25, 0.3) is 0 Å². The lowest BCUT2D eigenvalue weighted by Crippen LogP contribution is -2.43. The Balaban J connectivity index is 1.44. The fourth-order valence-corrected chi connectivity index (χ4v) is 11.7. The number of ether oxygens (including phenoxy) is 5. The minimum atomic E-state index is -1.98. The van der Waals surface area contributed by atoms with E-state index < -0.39 is 56.1 Å². The third-order valence-corrected chi connectivity index (χ3v) is 14.6. The molecule has 2 saturated heterocycles. The zero-order valence-electron chi connectivity index (χ0n) is 33.9. The van der Waals surface area contributed by atoms with E-state index in [0.29, 0.717) is 23.0 Å². The Hall–Kier alpha value is -3.68. The van der Waals surface area contributed by atoms with E-state index in [9.17, 15) is 9.59 Å². The molecule has 12 nitrogen and oxygen atoms in total. The molecule has 3 aromatic carbocycles. The van der Waals surface area contributed by atoms with Crippen molar-refractivity contribution in [2.24, 2.45) is 0 Å². The van der Waals surface area contributed by atoms with Gasteiger partial charge in [-0.05, 0) is 68.7 Å². The maximum atomic E-state index is 17.4. The zero-order chi connectivity index (χ0) is 42.1. The number of aromatic amines is 1. The van der Waals surface area contributed by atoms with Gasteiger partial charge in [0.1, 0.15) is 42.0 Å². The van der Waals surface area contributed by atoms with E-state index in [1.807, 2.05) is 107 Å². The standard InChI is InChI=1S/C43H51FN3O9PS2/c1-8-24-52-36-26-58-59-27-37(36)55-57(47(28(2)3)29(4)5)56-40-35(54-41(39(40)44)46-23-22-38(48)45-42(46)49)25-53-43(30-12-10-9-11-13-30,31-14-18-33(50-6)19-15-31)32-16-20-34(51-7)21-17-32/h1,9-23,28-29,35-37,39-41H,24-27H2,2-7H3,(H,45,48,49)/t35?,36-,37-,39-,40?,41?,57?/m1/s1. The van der Waals surface area contributed by atoms with Gasteiger partial charge in [0.25, 0.3) is 14.1 Å². The lowest BCUT2D eigenvalue weighted by Gasteiger charge is -2.41. The van der Waals surface area contributed by atoms with Crippen LogP contribution >= 0.6 is 30.1 Å². The maximum Gasteiger partial charge on any atom is 0.330 e. The maximum absolute atomic E-state index is 17.4. The number of nitrogens with one attached hydrogen (secondary N) is 1.